The van der Waals surface area contributed by atoms with Gasteiger partial charge in [0.1, 0.15) is 0 Å². The van der Waals surface area contributed by atoms with Gasteiger partial charge in [-0.3, -0.25) is 0 Å². The molecule has 0 saturated heterocycles. The molecule has 7 N–H and O–H groups in total. The first-order valence-electron chi connectivity index (χ1n) is 19.6. The second-order valence-corrected chi connectivity index (χ2v) is 15.2. The van der Waals surface area contributed by atoms with Gasteiger partial charge in [-0.2, -0.15) is 16.8 Å². The Morgan fingerprint density at radius 3 is 1.36 bits per heavy atom. The highest BCUT2D eigenvalue weighted by atomic mass is 35.5. The number of fused-ring (bicyclic) bond motifs is 2. The summed E-state index contributed by atoms with van der Waals surface area (Å²) in [5, 5.41) is 6.48. The first-order valence-corrected chi connectivity index (χ1v) is 22.1. The predicted molar refractivity (Wildman–Crippen MR) is 271 cm³/mol. The normalized spacial score (nSPS) is 10.1. The first-order chi connectivity index (χ1) is 32.5. The van der Waals surface area contributed by atoms with Crippen LogP contribution in [0.5, 0.6) is 0 Å². The SMILES string of the molecule is Clc1ncc(Cl)c(-c2cn(-c3ccccc3)c3ccccc23)n1.Nc1cccc(N)c1.Nc1cccc(Nc2ncc(Cl)c(-c3cn(-c4ccccc4)c4ccccc34)n2)c1.O=S=O.O=S=O. The van der Waals surface area contributed by atoms with Gasteiger partial charge in [-0.05, 0) is 84.4 Å². The van der Waals surface area contributed by atoms with Crippen LogP contribution in [0.3, 0.4) is 0 Å². The van der Waals surface area contributed by atoms with E-state index < -0.39 is 23.1 Å². The molecule has 4 heterocycles. The van der Waals surface area contributed by atoms with Crippen molar-refractivity contribution < 1.29 is 16.8 Å². The first kappa shape index (κ1) is 48.7. The van der Waals surface area contributed by atoms with Gasteiger partial charge in [-0.15, -0.1) is 0 Å². The highest BCUT2D eigenvalue weighted by Crippen LogP contribution is 2.37. The Morgan fingerprint density at radius 2 is 0.896 bits per heavy atom. The van der Waals surface area contributed by atoms with Crippen LogP contribution in [0.2, 0.25) is 15.3 Å². The van der Waals surface area contributed by atoms with Crippen LogP contribution in [0.1, 0.15) is 0 Å². The maximum absolute atomic E-state index is 8.29. The predicted octanol–water partition coefficient (Wildman–Crippen LogP) is 11.0. The summed E-state index contributed by atoms with van der Waals surface area (Å²) < 4.78 is 37.4. The second-order valence-electron chi connectivity index (χ2n) is 13.8. The van der Waals surface area contributed by atoms with E-state index in [0.29, 0.717) is 44.4 Å². The highest BCUT2D eigenvalue weighted by Gasteiger charge is 2.17. The number of nitrogens with one attached hydrogen (secondary N) is 1. The fraction of sp³-hybridized carbons (Fsp3) is 0. The number of aromatic nitrogens is 6. The molecule has 0 aliphatic carbocycles. The number of benzene rings is 6. The minimum atomic E-state index is -0.750. The van der Waals surface area contributed by atoms with E-state index in [2.05, 4.69) is 84.1 Å². The molecule has 0 radical (unpaired) electrons. The van der Waals surface area contributed by atoms with Crippen LogP contribution < -0.4 is 22.5 Å². The van der Waals surface area contributed by atoms with Crippen molar-refractivity contribution in [2.24, 2.45) is 0 Å². The minimum absolute atomic E-state index is 0.181. The molecule has 19 heteroatoms. The summed E-state index contributed by atoms with van der Waals surface area (Å²) in [6, 6.07) is 51.3. The topological polar surface area (TPSA) is 220 Å². The minimum Gasteiger partial charge on any atom is -0.399 e. The van der Waals surface area contributed by atoms with Crippen LogP contribution in [0.4, 0.5) is 28.7 Å². The molecular formula is C48H37Cl3N10O4S2. The van der Waals surface area contributed by atoms with Crippen LogP contribution in [0, 0.1) is 0 Å². The average molecular weight is 988 g/mol. The molecule has 6 aromatic carbocycles. The van der Waals surface area contributed by atoms with E-state index in [1.54, 1.807) is 24.4 Å². The van der Waals surface area contributed by atoms with Gasteiger partial charge >= 0.3 is 23.1 Å². The molecule has 0 aliphatic rings. The fourth-order valence-corrected chi connectivity index (χ4v) is 7.32. The molecule has 0 saturated carbocycles. The molecule has 0 bridgehead atoms. The Kier molecular flexibility index (Phi) is 17.4. The molecular weight excluding hydrogens is 951 g/mol. The van der Waals surface area contributed by atoms with Gasteiger partial charge in [-0.1, -0.05) is 108 Å². The number of hydrogen-bond acceptors (Lipinski definition) is 12. The van der Waals surface area contributed by atoms with Crippen LogP contribution in [-0.2, 0) is 23.1 Å². The highest BCUT2D eigenvalue weighted by molar-refractivity contribution is 7.52. The van der Waals surface area contributed by atoms with Crippen LogP contribution >= 0.6 is 34.8 Å². The van der Waals surface area contributed by atoms with Crippen molar-refractivity contribution >= 4 is 108 Å². The zero-order valence-electron chi connectivity index (χ0n) is 34.8. The largest absolute Gasteiger partial charge is 0.399 e. The quantitative estimate of drug-likeness (QED) is 0.0903. The van der Waals surface area contributed by atoms with Crippen molar-refractivity contribution in [1.29, 1.82) is 0 Å². The molecule has 0 unspecified atom stereocenters. The molecule has 0 atom stereocenters. The van der Waals surface area contributed by atoms with Crippen molar-refractivity contribution in [3.8, 4) is 33.9 Å². The lowest BCUT2D eigenvalue weighted by molar-refractivity contribution is 0.628. The molecule has 67 heavy (non-hydrogen) atoms. The van der Waals surface area contributed by atoms with Gasteiger partial charge in [0.05, 0.1) is 44.9 Å². The summed E-state index contributed by atoms with van der Waals surface area (Å²) >= 11 is 17.3. The number of rotatable bonds is 6. The number of halogens is 3. The van der Waals surface area contributed by atoms with E-state index in [9.17, 15) is 0 Å². The Labute approximate surface area is 406 Å². The third kappa shape index (κ3) is 12.8. The maximum Gasteiger partial charge on any atom is 0.335 e. The summed E-state index contributed by atoms with van der Waals surface area (Å²) in [5.74, 6) is 0.455. The molecule has 10 aromatic rings. The van der Waals surface area contributed by atoms with Crippen LogP contribution in [-0.4, -0.2) is 45.9 Å². The van der Waals surface area contributed by atoms with Crippen molar-refractivity contribution in [1.82, 2.24) is 29.1 Å². The molecule has 0 amide bonds. The molecule has 336 valence electrons. The zero-order chi connectivity index (χ0) is 47.7. The van der Waals surface area contributed by atoms with Gasteiger partial charge in [0, 0.05) is 68.4 Å². The van der Waals surface area contributed by atoms with Crippen molar-refractivity contribution in [2.75, 3.05) is 22.5 Å². The molecule has 0 spiro atoms. The molecule has 14 nitrogen and oxygen atoms in total. The Morgan fingerprint density at radius 1 is 0.478 bits per heavy atom. The van der Waals surface area contributed by atoms with E-state index in [4.69, 9.17) is 73.8 Å². The van der Waals surface area contributed by atoms with Crippen molar-refractivity contribution in [3.63, 3.8) is 0 Å². The molecule has 4 aromatic heterocycles. The average Bonchev–Trinajstić information content (AvgIpc) is 3.92. The van der Waals surface area contributed by atoms with Gasteiger partial charge in [0.2, 0.25) is 11.2 Å². The third-order valence-corrected chi connectivity index (χ3v) is 10.3. The van der Waals surface area contributed by atoms with Crippen molar-refractivity contribution in [3.05, 3.63) is 198 Å². The summed E-state index contributed by atoms with van der Waals surface area (Å²) in [6.45, 7) is 0. The summed E-state index contributed by atoms with van der Waals surface area (Å²) in [4.78, 5) is 17.3. The van der Waals surface area contributed by atoms with Gasteiger partial charge < -0.3 is 31.7 Å². The molecule has 0 aliphatic heterocycles. The Bertz CT molecular complexity index is 3300. The van der Waals surface area contributed by atoms with E-state index >= 15 is 0 Å². The molecule has 0 fully saturated rings. The van der Waals surface area contributed by atoms with E-state index in [-0.39, 0.29) is 5.28 Å². The monoisotopic (exact) mass is 986 g/mol. The van der Waals surface area contributed by atoms with E-state index in [1.165, 1.54) is 6.20 Å². The lowest BCUT2D eigenvalue weighted by atomic mass is 10.1. The lowest BCUT2D eigenvalue weighted by Gasteiger charge is -2.08. The smallest absolute Gasteiger partial charge is 0.335 e. The van der Waals surface area contributed by atoms with Crippen LogP contribution in [0.25, 0.3) is 55.7 Å². The van der Waals surface area contributed by atoms with Gasteiger partial charge in [-0.25, -0.2) is 19.9 Å². The Balaban J connectivity index is 0.000000176. The second kappa shape index (κ2) is 24.0. The Hall–Kier alpha value is -7.73. The zero-order valence-corrected chi connectivity index (χ0v) is 38.7. The van der Waals surface area contributed by atoms with E-state index in [0.717, 1.165) is 50.0 Å². The summed E-state index contributed by atoms with van der Waals surface area (Å²) in [6.07, 6.45) is 7.25. The van der Waals surface area contributed by atoms with Crippen molar-refractivity contribution in [2.45, 2.75) is 0 Å². The fourth-order valence-electron chi connectivity index (χ4n) is 6.80. The maximum atomic E-state index is 8.29. The van der Waals surface area contributed by atoms with Gasteiger partial charge in [0.25, 0.3) is 0 Å². The third-order valence-electron chi connectivity index (χ3n) is 9.52. The number of nitrogens with two attached hydrogens (primary N) is 3. The number of anilines is 5. The van der Waals surface area contributed by atoms with Crippen LogP contribution in [0.15, 0.2) is 183 Å². The lowest BCUT2D eigenvalue weighted by Crippen LogP contribution is -1.99. The number of hydrogen-bond donors (Lipinski definition) is 4. The van der Waals surface area contributed by atoms with E-state index in [1.807, 2.05) is 97.2 Å². The number of nitrogen functional groups attached to an aromatic ring is 3. The summed E-state index contributed by atoms with van der Waals surface area (Å²) in [5.41, 5.74) is 27.0. The summed E-state index contributed by atoms with van der Waals surface area (Å²) in [7, 11) is 0. The number of para-hydroxylation sites is 4. The van der Waals surface area contributed by atoms with Gasteiger partial charge in [0.15, 0.2) is 0 Å². The molecule has 10 rings (SSSR count). The standard InChI is InChI=1S/C24H18ClN5.C18H11Cl2N3.C6H8N2.2O2S/c25-21-14-27-24(28-17-8-6-7-16(26)13-17)29-23(21)20-15-30(18-9-2-1-3-10-18)22-12-5-4-11-19(20)22;19-15-10-21-18(20)22-17(15)14-11-23(12-6-2-1-3-7-12)16-9-5-4-8-13(14)16;7-5-2-1-3-6(8)4-5;2*1-3-2/h1-15H,26H2,(H,27,28,29);1-11H;1-4H,7-8H2;;. The number of nitrogens with zero attached hydrogens (tertiary/aromatic N) is 6.